The van der Waals surface area contributed by atoms with Gasteiger partial charge in [-0.1, -0.05) is 60.7 Å². The van der Waals surface area contributed by atoms with Gasteiger partial charge in [0, 0.05) is 28.4 Å². The zero-order valence-electron chi connectivity index (χ0n) is 17.3. The number of hydrazine groups is 1. The maximum Gasteiger partial charge on any atom is 0.215 e. The van der Waals surface area contributed by atoms with Crippen molar-refractivity contribution < 1.29 is 14.0 Å². The Morgan fingerprint density at radius 1 is 0.844 bits per heavy atom. The first kappa shape index (κ1) is 21.8. The number of methoxy groups -OCH3 is 1. The van der Waals surface area contributed by atoms with E-state index < -0.39 is 7.29 Å². The molecule has 0 atom stereocenters. The lowest BCUT2D eigenvalue weighted by Gasteiger charge is -2.24. The number of rotatable bonds is 6. The van der Waals surface area contributed by atoms with Crippen LogP contribution in [0.5, 0.6) is 5.75 Å². The lowest BCUT2D eigenvalue weighted by atomic mass is 10.2. The summed E-state index contributed by atoms with van der Waals surface area (Å²) in [5.74, 6) is 4.96. The predicted molar refractivity (Wildman–Crippen MR) is 133 cm³/mol. The quantitative estimate of drug-likeness (QED) is 0.243. The molecule has 3 N–H and O–H groups in total. The first-order chi connectivity index (χ1) is 15.5. The summed E-state index contributed by atoms with van der Waals surface area (Å²) < 4.78 is 25.0. The molecule has 0 aromatic heterocycles. The highest BCUT2D eigenvalue weighted by atomic mass is 32.1. The van der Waals surface area contributed by atoms with Gasteiger partial charge in [-0.2, -0.15) is 5.20 Å². The molecule has 6 nitrogen and oxygen atoms in total. The summed E-state index contributed by atoms with van der Waals surface area (Å²) in [5, 5.41) is 6.21. The van der Waals surface area contributed by atoms with Gasteiger partial charge in [0.2, 0.25) is 7.29 Å². The molecule has 0 fully saturated rings. The Morgan fingerprint density at radius 2 is 1.38 bits per heavy atom. The molecule has 8 heteroatoms. The van der Waals surface area contributed by atoms with E-state index in [1.54, 1.807) is 18.7 Å². The number of nitrogens with one attached hydrogen (secondary N) is 3. The van der Waals surface area contributed by atoms with Crippen LogP contribution in [0.1, 0.15) is 11.1 Å². The summed E-state index contributed by atoms with van der Waals surface area (Å²) in [4.78, 5) is 0. The molecule has 0 radical (unpaired) electrons. The van der Waals surface area contributed by atoms with E-state index in [1.165, 1.54) is 0 Å². The van der Waals surface area contributed by atoms with Gasteiger partial charge < -0.3 is 14.8 Å². The van der Waals surface area contributed by atoms with Gasteiger partial charge in [0.25, 0.3) is 0 Å². The molecule has 1 heterocycles. The molecule has 4 rings (SSSR count). The molecule has 0 amide bonds. The topological polar surface area (TPSA) is 71.6 Å². The standard InChI is InChI=1S/C24H22N3O3PS/c1-29-21-14-12-20(13-15-21)25-24(32)26-27-31(28)16-22(18-8-4-2-5-9-18)30-23(17-31)19-10-6-3-7-11-19/h2-17H,1H3,(H,27,28)(H2,25,26,32). The maximum atomic E-state index is 13.7. The van der Waals surface area contributed by atoms with Crippen LogP contribution in [0, 0.1) is 0 Å². The Bertz CT molecular complexity index is 1140. The summed E-state index contributed by atoms with van der Waals surface area (Å²) in [7, 11) is -1.58. The van der Waals surface area contributed by atoms with Gasteiger partial charge in [-0.25, -0.2) is 0 Å². The molecule has 0 saturated heterocycles. The molecule has 0 saturated carbocycles. The molecule has 3 aromatic rings. The number of thiocarbonyl (C=S) groups is 1. The van der Waals surface area contributed by atoms with Crippen LogP contribution in [-0.4, -0.2) is 12.2 Å². The largest absolute Gasteiger partial charge is 0.497 e. The van der Waals surface area contributed by atoms with E-state index in [-0.39, 0.29) is 5.11 Å². The van der Waals surface area contributed by atoms with Gasteiger partial charge in [0.05, 0.1) is 7.11 Å². The normalized spacial score (nSPS) is 14.4. The van der Waals surface area contributed by atoms with Gasteiger partial charge >= 0.3 is 0 Å². The first-order valence-electron chi connectivity index (χ1n) is 9.87. The van der Waals surface area contributed by atoms with Crippen molar-refractivity contribution in [2.45, 2.75) is 0 Å². The van der Waals surface area contributed by atoms with Crippen LogP contribution < -0.4 is 20.7 Å². The van der Waals surface area contributed by atoms with Crippen molar-refractivity contribution in [2.24, 2.45) is 0 Å². The second-order valence-electron chi connectivity index (χ2n) is 6.95. The van der Waals surface area contributed by atoms with E-state index in [4.69, 9.17) is 21.7 Å². The third kappa shape index (κ3) is 5.45. The molecule has 162 valence electrons. The van der Waals surface area contributed by atoms with Crippen molar-refractivity contribution in [3.63, 3.8) is 0 Å². The minimum atomic E-state index is -3.19. The Hall–Kier alpha value is -3.38. The van der Waals surface area contributed by atoms with Gasteiger partial charge in [-0.3, -0.25) is 9.99 Å². The van der Waals surface area contributed by atoms with Crippen LogP contribution in [0.4, 0.5) is 5.69 Å². The molecule has 0 bridgehead atoms. The van der Waals surface area contributed by atoms with Crippen molar-refractivity contribution in [1.82, 2.24) is 10.6 Å². The van der Waals surface area contributed by atoms with Crippen LogP contribution in [0.3, 0.4) is 0 Å². The fourth-order valence-corrected chi connectivity index (χ4v) is 4.90. The van der Waals surface area contributed by atoms with Crippen molar-refractivity contribution in [3.8, 4) is 5.75 Å². The molecule has 0 unspecified atom stereocenters. The fourth-order valence-electron chi connectivity index (χ4n) is 3.07. The Labute approximate surface area is 192 Å². The predicted octanol–water partition coefficient (Wildman–Crippen LogP) is 5.79. The summed E-state index contributed by atoms with van der Waals surface area (Å²) >= 11 is 5.35. The number of benzene rings is 3. The lowest BCUT2D eigenvalue weighted by Crippen LogP contribution is -2.37. The van der Waals surface area contributed by atoms with Crippen LogP contribution in [0.25, 0.3) is 11.5 Å². The minimum absolute atomic E-state index is 0.279. The summed E-state index contributed by atoms with van der Waals surface area (Å²) in [6, 6.07) is 26.4. The maximum absolute atomic E-state index is 13.7. The molecule has 3 aromatic carbocycles. The molecule has 0 spiro atoms. The van der Waals surface area contributed by atoms with Gasteiger partial charge in [-0.15, -0.1) is 0 Å². The summed E-state index contributed by atoms with van der Waals surface area (Å²) in [6.07, 6.45) is 0. The average molecular weight is 463 g/mol. The number of ether oxygens (including phenoxy) is 2. The summed E-state index contributed by atoms with van der Waals surface area (Å²) in [5.41, 5.74) is 5.28. The van der Waals surface area contributed by atoms with E-state index in [1.807, 2.05) is 84.9 Å². The second-order valence-corrected chi connectivity index (χ2v) is 9.52. The van der Waals surface area contributed by atoms with E-state index >= 15 is 0 Å². The van der Waals surface area contributed by atoms with Gasteiger partial charge in [0.15, 0.2) is 5.11 Å². The second kappa shape index (κ2) is 9.83. The zero-order chi connectivity index (χ0) is 22.4. The molecular weight excluding hydrogens is 441 g/mol. The molecule has 1 aliphatic heterocycles. The van der Waals surface area contributed by atoms with E-state index in [0.717, 1.165) is 22.6 Å². The smallest absolute Gasteiger partial charge is 0.215 e. The highest BCUT2D eigenvalue weighted by Gasteiger charge is 2.27. The van der Waals surface area contributed by atoms with Crippen LogP contribution in [0.15, 0.2) is 96.6 Å². The lowest BCUT2D eigenvalue weighted by molar-refractivity contribution is 0.415. The number of hydrogen-bond acceptors (Lipinski definition) is 4. The van der Waals surface area contributed by atoms with Gasteiger partial charge in [0.1, 0.15) is 17.3 Å². The van der Waals surface area contributed by atoms with Gasteiger partial charge in [-0.05, 0) is 36.5 Å². The van der Waals surface area contributed by atoms with Crippen LogP contribution in [-0.2, 0) is 9.30 Å². The molecule has 1 aliphatic rings. The number of anilines is 1. The third-order valence-electron chi connectivity index (χ3n) is 4.65. The van der Waals surface area contributed by atoms with E-state index in [2.05, 4.69) is 15.9 Å². The molecule has 0 aliphatic carbocycles. The Morgan fingerprint density at radius 3 is 1.88 bits per heavy atom. The average Bonchev–Trinajstić information content (AvgIpc) is 2.84. The third-order valence-corrected chi connectivity index (χ3v) is 6.55. The monoisotopic (exact) mass is 463 g/mol. The van der Waals surface area contributed by atoms with E-state index in [0.29, 0.717) is 11.5 Å². The van der Waals surface area contributed by atoms with E-state index in [9.17, 15) is 4.57 Å². The van der Waals surface area contributed by atoms with Crippen LogP contribution >= 0.6 is 19.5 Å². The SMILES string of the molecule is COc1ccc(NC(=S)NNP2(=O)C=C(c3ccccc3)OC(c3ccccc3)=C2)cc1. The molecule has 32 heavy (non-hydrogen) atoms. The Balaban J connectivity index is 1.54. The fraction of sp³-hybridized carbons (Fsp3) is 0.0417. The molecular formula is C24H22N3O3PS. The first-order valence-corrected chi connectivity index (χ1v) is 12.1. The Kier molecular flexibility index (Phi) is 6.71. The number of hydrogen-bond donors (Lipinski definition) is 3. The zero-order valence-corrected chi connectivity index (χ0v) is 19.0. The van der Waals surface area contributed by atoms with Crippen molar-refractivity contribution in [1.29, 1.82) is 0 Å². The summed E-state index contributed by atoms with van der Waals surface area (Å²) in [6.45, 7) is 0. The minimum Gasteiger partial charge on any atom is -0.497 e. The van der Waals surface area contributed by atoms with Crippen molar-refractivity contribution in [2.75, 3.05) is 12.4 Å². The van der Waals surface area contributed by atoms with Crippen molar-refractivity contribution in [3.05, 3.63) is 108 Å². The highest BCUT2D eigenvalue weighted by Crippen LogP contribution is 2.52. The highest BCUT2D eigenvalue weighted by molar-refractivity contribution is 7.80. The van der Waals surface area contributed by atoms with Crippen LogP contribution in [0.2, 0.25) is 0 Å². The van der Waals surface area contributed by atoms with Crippen molar-refractivity contribution >= 4 is 41.8 Å².